The normalized spacial score (nSPS) is 10.6. The first-order valence-electron chi connectivity index (χ1n) is 6.25. The van der Waals surface area contributed by atoms with Crippen LogP contribution in [0.1, 0.15) is 10.4 Å². The largest absolute Gasteiger partial charge is 0.298 e. The summed E-state index contributed by atoms with van der Waals surface area (Å²) in [4.78, 5) is 11.2. The molecule has 0 N–H and O–H groups in total. The van der Waals surface area contributed by atoms with Crippen molar-refractivity contribution in [2.75, 3.05) is 0 Å². The van der Waals surface area contributed by atoms with Crippen LogP contribution in [0.4, 0.5) is 8.78 Å². The highest BCUT2D eigenvalue weighted by atomic mass is 19.1. The highest BCUT2D eigenvalue weighted by molar-refractivity contribution is 5.85. The van der Waals surface area contributed by atoms with E-state index < -0.39 is 5.82 Å². The molecule has 3 nitrogen and oxygen atoms in total. The molecule has 0 radical (unpaired) electrons. The van der Waals surface area contributed by atoms with Crippen LogP contribution in [0.3, 0.4) is 0 Å². The minimum atomic E-state index is -0.454. The maximum absolute atomic E-state index is 13.8. The molecule has 0 spiro atoms. The Hall–Kier alpha value is -2.82. The smallest absolute Gasteiger partial charge is 0.153 e. The summed E-state index contributed by atoms with van der Waals surface area (Å²) in [6, 6.07) is 11.7. The van der Waals surface area contributed by atoms with E-state index in [0.29, 0.717) is 12.0 Å². The molecule has 104 valence electrons. The van der Waals surface area contributed by atoms with Gasteiger partial charge in [0.25, 0.3) is 0 Å². The second kappa shape index (κ2) is 5.28. The van der Waals surface area contributed by atoms with Gasteiger partial charge in [-0.3, -0.25) is 4.79 Å². The van der Waals surface area contributed by atoms with Gasteiger partial charge in [-0.2, -0.15) is 5.10 Å². The lowest BCUT2D eigenvalue weighted by atomic mass is 10.1. The predicted octanol–water partition coefficient (Wildman–Crippen LogP) is 3.63. The number of benzene rings is 2. The van der Waals surface area contributed by atoms with Crippen molar-refractivity contribution < 1.29 is 13.6 Å². The van der Waals surface area contributed by atoms with E-state index in [1.54, 1.807) is 18.2 Å². The standard InChI is InChI=1S/C16H10F2N2O/c17-12-5-7-13(8-6-12)20-9-11(10-21)16(19-20)14-3-1-2-4-15(14)18/h1-10H. The second-order valence-electron chi connectivity index (χ2n) is 4.45. The lowest BCUT2D eigenvalue weighted by molar-refractivity contribution is 0.112. The van der Waals surface area contributed by atoms with E-state index in [2.05, 4.69) is 5.10 Å². The van der Waals surface area contributed by atoms with E-state index in [1.165, 1.54) is 41.2 Å². The topological polar surface area (TPSA) is 34.9 Å². The Balaban J connectivity index is 2.13. The zero-order valence-corrected chi connectivity index (χ0v) is 10.8. The lowest BCUT2D eigenvalue weighted by Crippen LogP contribution is -1.95. The molecule has 3 aromatic rings. The number of rotatable bonds is 3. The van der Waals surface area contributed by atoms with Crippen LogP contribution in [0.15, 0.2) is 54.7 Å². The minimum Gasteiger partial charge on any atom is -0.298 e. The fraction of sp³-hybridized carbons (Fsp3) is 0. The Kier molecular flexibility index (Phi) is 3.31. The third-order valence-corrected chi connectivity index (χ3v) is 3.09. The number of hydrogen-bond acceptors (Lipinski definition) is 2. The molecule has 0 saturated heterocycles. The van der Waals surface area contributed by atoms with E-state index in [-0.39, 0.29) is 22.6 Å². The molecule has 0 unspecified atom stereocenters. The Morgan fingerprint density at radius 2 is 1.71 bits per heavy atom. The van der Waals surface area contributed by atoms with E-state index in [1.807, 2.05) is 0 Å². The fourth-order valence-electron chi connectivity index (χ4n) is 2.06. The highest BCUT2D eigenvalue weighted by Crippen LogP contribution is 2.25. The van der Waals surface area contributed by atoms with E-state index >= 15 is 0 Å². The fourth-order valence-corrected chi connectivity index (χ4v) is 2.06. The van der Waals surface area contributed by atoms with Gasteiger partial charge in [0.2, 0.25) is 0 Å². The summed E-state index contributed by atoms with van der Waals surface area (Å²) in [6.45, 7) is 0. The van der Waals surface area contributed by atoms with Crippen molar-refractivity contribution in [1.29, 1.82) is 0 Å². The molecule has 0 amide bonds. The molecule has 1 heterocycles. The molecule has 0 aliphatic heterocycles. The van der Waals surface area contributed by atoms with E-state index in [9.17, 15) is 13.6 Å². The van der Waals surface area contributed by atoms with Crippen LogP contribution in [-0.2, 0) is 0 Å². The van der Waals surface area contributed by atoms with Crippen LogP contribution in [-0.4, -0.2) is 16.1 Å². The number of carbonyl (C=O) groups excluding carboxylic acids is 1. The van der Waals surface area contributed by atoms with Crippen LogP contribution < -0.4 is 0 Å². The summed E-state index contributed by atoms with van der Waals surface area (Å²) in [5, 5.41) is 4.23. The van der Waals surface area contributed by atoms with Crippen LogP contribution in [0.2, 0.25) is 0 Å². The first-order valence-corrected chi connectivity index (χ1v) is 6.25. The van der Waals surface area contributed by atoms with Gasteiger partial charge < -0.3 is 0 Å². The highest BCUT2D eigenvalue weighted by Gasteiger charge is 2.14. The van der Waals surface area contributed by atoms with Gasteiger partial charge in [-0.05, 0) is 36.4 Å². The van der Waals surface area contributed by atoms with Crippen molar-refractivity contribution in [1.82, 2.24) is 9.78 Å². The van der Waals surface area contributed by atoms with Crippen LogP contribution in [0, 0.1) is 11.6 Å². The monoisotopic (exact) mass is 284 g/mol. The summed E-state index contributed by atoms with van der Waals surface area (Å²) in [6.07, 6.45) is 2.11. The summed E-state index contributed by atoms with van der Waals surface area (Å²) in [5.41, 5.74) is 1.36. The maximum Gasteiger partial charge on any atom is 0.153 e. The van der Waals surface area contributed by atoms with Gasteiger partial charge in [-0.15, -0.1) is 0 Å². The van der Waals surface area contributed by atoms with Gasteiger partial charge >= 0.3 is 0 Å². The molecule has 0 saturated carbocycles. The van der Waals surface area contributed by atoms with Gasteiger partial charge in [0.05, 0.1) is 11.3 Å². The number of aromatic nitrogens is 2. The number of hydrogen-bond donors (Lipinski definition) is 0. The Labute approximate surface area is 119 Å². The average molecular weight is 284 g/mol. The summed E-state index contributed by atoms with van der Waals surface area (Å²) < 4.78 is 28.2. The zero-order chi connectivity index (χ0) is 14.8. The van der Waals surface area contributed by atoms with Crippen molar-refractivity contribution in [3.05, 3.63) is 71.9 Å². The summed E-state index contributed by atoms with van der Waals surface area (Å²) >= 11 is 0. The number of nitrogens with zero attached hydrogens (tertiary/aromatic N) is 2. The Morgan fingerprint density at radius 3 is 2.38 bits per heavy atom. The SMILES string of the molecule is O=Cc1cn(-c2ccc(F)cc2)nc1-c1ccccc1F. The van der Waals surface area contributed by atoms with Crippen LogP contribution in [0.25, 0.3) is 16.9 Å². The summed E-state index contributed by atoms with van der Waals surface area (Å²) in [7, 11) is 0. The van der Waals surface area contributed by atoms with Crippen molar-refractivity contribution in [2.45, 2.75) is 0 Å². The van der Waals surface area contributed by atoms with Gasteiger partial charge in [-0.25, -0.2) is 13.5 Å². The van der Waals surface area contributed by atoms with Gasteiger partial charge in [0, 0.05) is 11.8 Å². The molecule has 1 aromatic heterocycles. The third kappa shape index (κ3) is 2.45. The van der Waals surface area contributed by atoms with Crippen LogP contribution >= 0.6 is 0 Å². The number of halogens is 2. The molecule has 21 heavy (non-hydrogen) atoms. The third-order valence-electron chi connectivity index (χ3n) is 3.09. The van der Waals surface area contributed by atoms with Crippen LogP contribution in [0.5, 0.6) is 0 Å². The Bertz CT molecular complexity index is 794. The molecule has 0 aliphatic carbocycles. The first-order chi connectivity index (χ1) is 10.2. The molecule has 0 fully saturated rings. The molecular formula is C16H10F2N2O. The van der Waals surface area contributed by atoms with Crippen molar-refractivity contribution >= 4 is 6.29 Å². The molecule has 5 heteroatoms. The first kappa shape index (κ1) is 13.2. The lowest BCUT2D eigenvalue weighted by Gasteiger charge is -2.01. The minimum absolute atomic E-state index is 0.250. The van der Waals surface area contributed by atoms with Gasteiger partial charge in [0.15, 0.2) is 6.29 Å². The zero-order valence-electron chi connectivity index (χ0n) is 10.8. The quantitative estimate of drug-likeness (QED) is 0.688. The predicted molar refractivity (Wildman–Crippen MR) is 74.3 cm³/mol. The Morgan fingerprint density at radius 1 is 1.00 bits per heavy atom. The van der Waals surface area contributed by atoms with Gasteiger partial charge in [0.1, 0.15) is 17.3 Å². The maximum atomic E-state index is 13.8. The second-order valence-corrected chi connectivity index (χ2v) is 4.45. The van der Waals surface area contributed by atoms with Crippen molar-refractivity contribution in [3.8, 4) is 16.9 Å². The number of aldehydes is 1. The molecule has 0 atom stereocenters. The van der Waals surface area contributed by atoms with Gasteiger partial charge in [-0.1, -0.05) is 12.1 Å². The van der Waals surface area contributed by atoms with Crippen molar-refractivity contribution in [2.24, 2.45) is 0 Å². The molecule has 0 aliphatic rings. The van der Waals surface area contributed by atoms with E-state index in [0.717, 1.165) is 0 Å². The number of carbonyl (C=O) groups is 1. The average Bonchev–Trinajstić information content (AvgIpc) is 2.92. The molecule has 0 bridgehead atoms. The molecule has 3 rings (SSSR count). The van der Waals surface area contributed by atoms with Crippen molar-refractivity contribution in [3.63, 3.8) is 0 Å². The summed E-state index contributed by atoms with van der Waals surface area (Å²) in [5.74, 6) is -0.819. The molecule has 2 aromatic carbocycles. The van der Waals surface area contributed by atoms with E-state index in [4.69, 9.17) is 0 Å². The molecular weight excluding hydrogens is 274 g/mol.